The molecule has 0 bridgehead atoms. The Morgan fingerprint density at radius 1 is 1.31 bits per heavy atom. The molecule has 1 saturated heterocycles. The SMILES string of the molecule is NCc1cccnc1N1CC2CCCC2C1. The van der Waals surface area contributed by atoms with Crippen molar-refractivity contribution < 1.29 is 0 Å². The molecule has 86 valence electrons. The van der Waals surface area contributed by atoms with Gasteiger partial charge in [-0.15, -0.1) is 0 Å². The Labute approximate surface area is 96.7 Å². The fourth-order valence-electron chi connectivity index (χ4n) is 3.28. The highest BCUT2D eigenvalue weighted by Crippen LogP contribution is 2.39. The van der Waals surface area contributed by atoms with E-state index < -0.39 is 0 Å². The van der Waals surface area contributed by atoms with E-state index in [4.69, 9.17) is 5.73 Å². The number of pyridine rings is 1. The molecule has 3 heteroatoms. The summed E-state index contributed by atoms with van der Waals surface area (Å²) in [5.74, 6) is 2.94. The first-order valence-corrected chi connectivity index (χ1v) is 6.27. The molecule has 1 aromatic rings. The third-order valence-corrected chi connectivity index (χ3v) is 4.11. The summed E-state index contributed by atoms with van der Waals surface area (Å²) in [6.45, 7) is 2.97. The minimum atomic E-state index is 0.592. The van der Waals surface area contributed by atoms with E-state index in [1.54, 1.807) is 0 Å². The monoisotopic (exact) mass is 217 g/mol. The maximum Gasteiger partial charge on any atom is 0.133 e. The van der Waals surface area contributed by atoms with Crippen LogP contribution in [0.4, 0.5) is 5.82 Å². The van der Waals surface area contributed by atoms with Crippen LogP contribution in [0.5, 0.6) is 0 Å². The lowest BCUT2D eigenvalue weighted by atomic mass is 10.0. The number of nitrogens with zero attached hydrogens (tertiary/aromatic N) is 2. The van der Waals surface area contributed by atoms with Crippen molar-refractivity contribution in [1.82, 2.24) is 4.98 Å². The number of anilines is 1. The first kappa shape index (κ1) is 10.1. The molecule has 0 amide bonds. The predicted molar refractivity (Wildman–Crippen MR) is 65.2 cm³/mol. The van der Waals surface area contributed by atoms with E-state index in [0.717, 1.165) is 17.7 Å². The van der Waals surface area contributed by atoms with E-state index in [9.17, 15) is 0 Å². The smallest absolute Gasteiger partial charge is 0.133 e. The van der Waals surface area contributed by atoms with Crippen LogP contribution in [0.15, 0.2) is 18.3 Å². The number of hydrogen-bond acceptors (Lipinski definition) is 3. The van der Waals surface area contributed by atoms with E-state index in [1.807, 2.05) is 12.3 Å². The van der Waals surface area contributed by atoms with Gasteiger partial charge in [-0.3, -0.25) is 0 Å². The van der Waals surface area contributed by atoms with Gasteiger partial charge in [-0.05, 0) is 30.7 Å². The predicted octanol–water partition coefficient (Wildman–Crippen LogP) is 1.78. The lowest BCUT2D eigenvalue weighted by Gasteiger charge is -2.20. The topological polar surface area (TPSA) is 42.1 Å². The molecule has 2 aliphatic rings. The van der Waals surface area contributed by atoms with E-state index in [1.165, 1.54) is 37.9 Å². The summed E-state index contributed by atoms with van der Waals surface area (Å²) in [5, 5.41) is 0. The van der Waals surface area contributed by atoms with Crippen molar-refractivity contribution >= 4 is 5.82 Å². The molecule has 16 heavy (non-hydrogen) atoms. The fraction of sp³-hybridized carbons (Fsp3) is 0.615. The molecule has 1 aliphatic carbocycles. The summed E-state index contributed by atoms with van der Waals surface area (Å²) >= 11 is 0. The van der Waals surface area contributed by atoms with Crippen LogP contribution < -0.4 is 10.6 Å². The molecule has 0 spiro atoms. The molecular formula is C13H19N3. The summed E-state index contributed by atoms with van der Waals surface area (Å²) in [5.41, 5.74) is 6.95. The van der Waals surface area contributed by atoms with E-state index in [0.29, 0.717) is 6.54 Å². The second-order valence-corrected chi connectivity index (χ2v) is 5.05. The number of fused-ring (bicyclic) bond motifs is 1. The largest absolute Gasteiger partial charge is 0.356 e. The maximum atomic E-state index is 5.77. The lowest BCUT2D eigenvalue weighted by molar-refractivity contribution is 0.494. The van der Waals surface area contributed by atoms with E-state index >= 15 is 0 Å². The highest BCUT2D eigenvalue weighted by Gasteiger charge is 2.36. The van der Waals surface area contributed by atoms with Gasteiger partial charge in [0.05, 0.1) is 0 Å². The minimum Gasteiger partial charge on any atom is -0.356 e. The lowest BCUT2D eigenvalue weighted by Crippen LogP contribution is -2.23. The number of hydrogen-bond donors (Lipinski definition) is 1. The molecule has 2 fully saturated rings. The molecule has 1 aromatic heterocycles. The molecule has 2 atom stereocenters. The van der Waals surface area contributed by atoms with Gasteiger partial charge in [-0.25, -0.2) is 4.98 Å². The normalized spacial score (nSPS) is 28.4. The summed E-state index contributed by atoms with van der Waals surface area (Å²) in [6, 6.07) is 4.07. The molecule has 2 unspecified atom stereocenters. The van der Waals surface area contributed by atoms with Crippen molar-refractivity contribution in [3.8, 4) is 0 Å². The number of aromatic nitrogens is 1. The van der Waals surface area contributed by atoms with Crippen molar-refractivity contribution in [3.05, 3.63) is 23.9 Å². The van der Waals surface area contributed by atoms with E-state index in [-0.39, 0.29) is 0 Å². The standard InChI is InChI=1S/C13H19N3/c14-7-10-5-2-6-15-13(10)16-8-11-3-1-4-12(11)9-16/h2,5-6,11-12H,1,3-4,7-9,14H2. The zero-order valence-electron chi connectivity index (χ0n) is 9.60. The Bertz CT molecular complexity index is 365. The fourth-order valence-corrected chi connectivity index (χ4v) is 3.28. The van der Waals surface area contributed by atoms with Crippen molar-refractivity contribution in [2.24, 2.45) is 17.6 Å². The molecule has 3 nitrogen and oxygen atoms in total. The molecular weight excluding hydrogens is 198 g/mol. The Morgan fingerprint density at radius 3 is 2.75 bits per heavy atom. The average molecular weight is 217 g/mol. The molecule has 3 rings (SSSR count). The molecule has 1 saturated carbocycles. The number of rotatable bonds is 2. The molecule has 0 radical (unpaired) electrons. The quantitative estimate of drug-likeness (QED) is 0.821. The van der Waals surface area contributed by atoms with Gasteiger partial charge in [0, 0.05) is 31.4 Å². The third kappa shape index (κ3) is 1.59. The summed E-state index contributed by atoms with van der Waals surface area (Å²) in [7, 11) is 0. The van der Waals surface area contributed by atoms with Crippen LogP contribution in [0.3, 0.4) is 0 Å². The molecule has 2 N–H and O–H groups in total. The van der Waals surface area contributed by atoms with Gasteiger partial charge in [0.25, 0.3) is 0 Å². The summed E-state index contributed by atoms with van der Waals surface area (Å²) in [4.78, 5) is 6.95. The van der Waals surface area contributed by atoms with Crippen molar-refractivity contribution in [2.75, 3.05) is 18.0 Å². The average Bonchev–Trinajstić information content (AvgIpc) is 2.89. The van der Waals surface area contributed by atoms with Crippen molar-refractivity contribution in [1.29, 1.82) is 0 Å². The van der Waals surface area contributed by atoms with Crippen LogP contribution in [0, 0.1) is 11.8 Å². The van der Waals surface area contributed by atoms with E-state index in [2.05, 4.69) is 16.0 Å². The first-order chi connectivity index (χ1) is 7.88. The van der Waals surface area contributed by atoms with Crippen molar-refractivity contribution in [3.63, 3.8) is 0 Å². The van der Waals surface area contributed by atoms with Gasteiger partial charge >= 0.3 is 0 Å². The summed E-state index contributed by atoms with van der Waals surface area (Å²) < 4.78 is 0. The van der Waals surface area contributed by atoms with Gasteiger partial charge in [0.15, 0.2) is 0 Å². The van der Waals surface area contributed by atoms with Crippen LogP contribution in [-0.2, 0) is 6.54 Å². The summed E-state index contributed by atoms with van der Waals surface area (Å²) in [6.07, 6.45) is 6.12. The maximum absolute atomic E-state index is 5.77. The molecule has 0 aromatic carbocycles. The van der Waals surface area contributed by atoms with Crippen LogP contribution >= 0.6 is 0 Å². The third-order valence-electron chi connectivity index (χ3n) is 4.11. The zero-order valence-corrected chi connectivity index (χ0v) is 9.60. The van der Waals surface area contributed by atoms with Crippen LogP contribution in [0.2, 0.25) is 0 Å². The second kappa shape index (κ2) is 4.06. The molecule has 2 heterocycles. The Balaban J connectivity index is 1.83. The van der Waals surface area contributed by atoms with Gasteiger partial charge in [0.2, 0.25) is 0 Å². The highest BCUT2D eigenvalue weighted by atomic mass is 15.2. The van der Waals surface area contributed by atoms with Crippen LogP contribution in [-0.4, -0.2) is 18.1 Å². The zero-order chi connectivity index (χ0) is 11.0. The van der Waals surface area contributed by atoms with Gasteiger partial charge < -0.3 is 10.6 Å². The Kier molecular flexibility index (Phi) is 2.56. The van der Waals surface area contributed by atoms with Gasteiger partial charge in [-0.2, -0.15) is 0 Å². The van der Waals surface area contributed by atoms with Crippen molar-refractivity contribution in [2.45, 2.75) is 25.8 Å². The Hall–Kier alpha value is -1.09. The van der Waals surface area contributed by atoms with Crippen LogP contribution in [0.1, 0.15) is 24.8 Å². The number of nitrogens with two attached hydrogens (primary N) is 1. The first-order valence-electron chi connectivity index (χ1n) is 6.27. The second-order valence-electron chi connectivity index (χ2n) is 5.05. The Morgan fingerprint density at radius 2 is 2.06 bits per heavy atom. The molecule has 1 aliphatic heterocycles. The van der Waals surface area contributed by atoms with Gasteiger partial charge in [-0.1, -0.05) is 12.5 Å². The van der Waals surface area contributed by atoms with Crippen LogP contribution in [0.25, 0.3) is 0 Å². The minimum absolute atomic E-state index is 0.592. The van der Waals surface area contributed by atoms with Gasteiger partial charge in [0.1, 0.15) is 5.82 Å². The highest BCUT2D eigenvalue weighted by molar-refractivity contribution is 5.48.